The summed E-state index contributed by atoms with van der Waals surface area (Å²) >= 11 is 0. The van der Waals surface area contributed by atoms with Crippen LogP contribution in [0.3, 0.4) is 0 Å². The second-order valence-electron chi connectivity index (χ2n) is 3.56. The molecule has 2 rings (SSSR count). The Morgan fingerprint density at radius 1 is 1.29 bits per heavy atom. The molecule has 0 aliphatic heterocycles. The molecular weight excluding hydrogens is 220 g/mol. The highest BCUT2D eigenvalue weighted by molar-refractivity contribution is 5.46. The summed E-state index contributed by atoms with van der Waals surface area (Å²) in [5.41, 5.74) is 0.962. The maximum absolute atomic E-state index is 4.88. The first-order chi connectivity index (χ1) is 8.19. The van der Waals surface area contributed by atoms with E-state index in [9.17, 15) is 0 Å². The molecule has 2 heterocycles. The second kappa shape index (κ2) is 4.77. The first-order valence-electron chi connectivity index (χ1n) is 5.23. The molecule has 0 fully saturated rings. The fraction of sp³-hybridized carbons (Fsp3) is 0.400. The van der Waals surface area contributed by atoms with Gasteiger partial charge in [0.05, 0.1) is 6.54 Å². The third-order valence-corrected chi connectivity index (χ3v) is 2.18. The van der Waals surface area contributed by atoms with Crippen molar-refractivity contribution in [3.63, 3.8) is 0 Å². The topological polar surface area (TPSA) is 88.8 Å². The number of aromatic nitrogens is 4. The lowest BCUT2D eigenvalue weighted by atomic mass is 10.3. The normalized spacial score (nSPS) is 10.3. The molecule has 0 aliphatic rings. The Hall–Kier alpha value is -2.18. The van der Waals surface area contributed by atoms with Crippen LogP contribution in [0.25, 0.3) is 0 Å². The number of nitrogens with zero attached hydrogens (tertiary/aromatic N) is 4. The van der Waals surface area contributed by atoms with Crippen molar-refractivity contribution in [3.8, 4) is 0 Å². The summed E-state index contributed by atoms with van der Waals surface area (Å²) in [7, 11) is 1.77. The lowest BCUT2D eigenvalue weighted by Crippen LogP contribution is -2.07. The van der Waals surface area contributed by atoms with Gasteiger partial charge in [0, 0.05) is 25.7 Å². The molecule has 2 aromatic heterocycles. The number of aryl methyl sites for hydroxylation is 2. The number of hydrogen-bond acceptors (Lipinski definition) is 7. The minimum Gasteiger partial charge on any atom is -0.362 e. The number of hydrogen-bond donors (Lipinski definition) is 2. The van der Waals surface area contributed by atoms with E-state index in [-0.39, 0.29) is 0 Å². The number of nitrogens with one attached hydrogen (secondary N) is 2. The number of anilines is 2. The Morgan fingerprint density at radius 3 is 2.76 bits per heavy atom. The molecule has 0 radical (unpaired) electrons. The van der Waals surface area contributed by atoms with E-state index in [0.29, 0.717) is 24.2 Å². The molecule has 0 atom stereocenters. The van der Waals surface area contributed by atoms with E-state index in [1.54, 1.807) is 20.2 Å². The largest absolute Gasteiger partial charge is 0.362 e. The highest BCUT2D eigenvalue weighted by Gasteiger charge is 2.05. The fourth-order valence-electron chi connectivity index (χ4n) is 1.32. The minimum absolute atomic E-state index is 0.471. The van der Waals surface area contributed by atoms with Gasteiger partial charge in [0.2, 0.25) is 11.8 Å². The van der Waals surface area contributed by atoms with Crippen LogP contribution in [0.1, 0.15) is 17.3 Å². The Morgan fingerprint density at radius 2 is 2.12 bits per heavy atom. The van der Waals surface area contributed by atoms with Gasteiger partial charge in [-0.25, -0.2) is 4.98 Å². The van der Waals surface area contributed by atoms with E-state index >= 15 is 0 Å². The van der Waals surface area contributed by atoms with Gasteiger partial charge in [-0.3, -0.25) is 0 Å². The lowest BCUT2D eigenvalue weighted by molar-refractivity contribution is 0.388. The average Bonchev–Trinajstić information content (AvgIpc) is 2.74. The molecule has 0 saturated carbocycles. The first kappa shape index (κ1) is 11.3. The van der Waals surface area contributed by atoms with Crippen LogP contribution >= 0.6 is 0 Å². The maximum Gasteiger partial charge on any atom is 0.224 e. The molecular formula is C10H14N6O. The van der Waals surface area contributed by atoms with Gasteiger partial charge in [-0.1, -0.05) is 5.16 Å². The molecule has 2 N–H and O–H groups in total. The van der Waals surface area contributed by atoms with E-state index in [4.69, 9.17) is 4.52 Å². The van der Waals surface area contributed by atoms with Gasteiger partial charge in [0.15, 0.2) is 5.82 Å². The summed E-state index contributed by atoms with van der Waals surface area (Å²) in [6.45, 7) is 4.16. The smallest absolute Gasteiger partial charge is 0.224 e. The van der Waals surface area contributed by atoms with E-state index in [1.807, 2.05) is 6.92 Å². The first-order valence-corrected chi connectivity index (χ1v) is 5.23. The molecule has 17 heavy (non-hydrogen) atoms. The summed E-state index contributed by atoms with van der Waals surface area (Å²) in [4.78, 5) is 12.5. The van der Waals surface area contributed by atoms with E-state index in [2.05, 4.69) is 30.7 Å². The van der Waals surface area contributed by atoms with Crippen molar-refractivity contribution in [2.75, 3.05) is 17.7 Å². The van der Waals surface area contributed by atoms with Gasteiger partial charge in [-0.15, -0.1) is 0 Å². The summed E-state index contributed by atoms with van der Waals surface area (Å²) in [6, 6.07) is 0. The summed E-state index contributed by atoms with van der Waals surface area (Å²) in [6.07, 6.45) is 1.75. The van der Waals surface area contributed by atoms with Crippen molar-refractivity contribution in [3.05, 3.63) is 23.5 Å². The molecule has 0 amide bonds. The van der Waals surface area contributed by atoms with Crippen molar-refractivity contribution < 1.29 is 4.52 Å². The van der Waals surface area contributed by atoms with Crippen molar-refractivity contribution in [1.82, 2.24) is 20.1 Å². The van der Waals surface area contributed by atoms with Gasteiger partial charge in [-0.05, 0) is 6.92 Å². The van der Waals surface area contributed by atoms with Crippen molar-refractivity contribution in [2.45, 2.75) is 20.4 Å². The van der Waals surface area contributed by atoms with Crippen LogP contribution in [-0.4, -0.2) is 27.2 Å². The predicted octanol–water partition coefficient (Wildman–Crippen LogP) is 1.13. The molecule has 0 bridgehead atoms. The molecule has 0 unspecified atom stereocenters. The zero-order valence-corrected chi connectivity index (χ0v) is 9.98. The molecule has 90 valence electrons. The van der Waals surface area contributed by atoms with Gasteiger partial charge in [-0.2, -0.15) is 9.97 Å². The molecule has 0 saturated heterocycles. The summed E-state index contributed by atoms with van der Waals surface area (Å²) in [5, 5.41) is 9.82. The summed E-state index contributed by atoms with van der Waals surface area (Å²) in [5.74, 6) is 2.48. The second-order valence-corrected chi connectivity index (χ2v) is 3.56. The van der Waals surface area contributed by atoms with Crippen molar-refractivity contribution in [2.24, 2.45) is 0 Å². The van der Waals surface area contributed by atoms with Gasteiger partial charge >= 0.3 is 0 Å². The lowest BCUT2D eigenvalue weighted by Gasteiger charge is -2.07. The van der Waals surface area contributed by atoms with Crippen LogP contribution in [0.5, 0.6) is 0 Å². The minimum atomic E-state index is 0.471. The van der Waals surface area contributed by atoms with Crippen LogP contribution in [0.4, 0.5) is 11.8 Å². The Kier molecular flexibility index (Phi) is 3.17. The Bertz CT molecular complexity index is 509. The van der Waals surface area contributed by atoms with E-state index < -0.39 is 0 Å². The standard InChI is InChI=1S/C10H14N6O/c1-6-4-13-10(11-3)15-9(6)12-5-8-14-7(2)17-16-8/h4H,5H2,1-3H3,(H2,11,12,13,15). The Balaban J connectivity index is 2.07. The molecule has 7 nitrogen and oxygen atoms in total. The van der Waals surface area contributed by atoms with Crippen LogP contribution in [0.2, 0.25) is 0 Å². The number of rotatable bonds is 4. The van der Waals surface area contributed by atoms with Gasteiger partial charge in [0.1, 0.15) is 5.82 Å². The summed E-state index contributed by atoms with van der Waals surface area (Å²) < 4.78 is 4.88. The van der Waals surface area contributed by atoms with E-state index in [0.717, 1.165) is 11.4 Å². The van der Waals surface area contributed by atoms with Crippen molar-refractivity contribution in [1.29, 1.82) is 0 Å². The van der Waals surface area contributed by atoms with Gasteiger partial charge in [0.25, 0.3) is 0 Å². The monoisotopic (exact) mass is 234 g/mol. The molecule has 0 aromatic carbocycles. The maximum atomic E-state index is 4.88. The van der Waals surface area contributed by atoms with Crippen LogP contribution in [0.15, 0.2) is 10.7 Å². The highest BCUT2D eigenvalue weighted by Crippen LogP contribution is 2.12. The van der Waals surface area contributed by atoms with Crippen LogP contribution in [0, 0.1) is 13.8 Å². The average molecular weight is 234 g/mol. The van der Waals surface area contributed by atoms with Crippen LogP contribution < -0.4 is 10.6 Å². The SMILES string of the molecule is CNc1ncc(C)c(NCc2noc(C)n2)n1. The molecule has 0 spiro atoms. The third-order valence-electron chi connectivity index (χ3n) is 2.18. The molecule has 2 aromatic rings. The van der Waals surface area contributed by atoms with Crippen LogP contribution in [-0.2, 0) is 6.54 Å². The van der Waals surface area contributed by atoms with Crippen molar-refractivity contribution >= 4 is 11.8 Å². The molecule has 7 heteroatoms. The Labute approximate surface area is 98.7 Å². The highest BCUT2D eigenvalue weighted by atomic mass is 16.5. The van der Waals surface area contributed by atoms with Gasteiger partial charge < -0.3 is 15.2 Å². The quantitative estimate of drug-likeness (QED) is 0.819. The molecule has 0 aliphatic carbocycles. The zero-order valence-electron chi connectivity index (χ0n) is 9.98. The third kappa shape index (κ3) is 2.68. The zero-order chi connectivity index (χ0) is 12.3. The fourth-order valence-corrected chi connectivity index (χ4v) is 1.32. The predicted molar refractivity (Wildman–Crippen MR) is 62.7 cm³/mol. The van der Waals surface area contributed by atoms with E-state index in [1.165, 1.54) is 0 Å².